The van der Waals surface area contributed by atoms with E-state index in [1.165, 1.54) is 17.0 Å². The minimum absolute atomic E-state index is 0.0442. The number of nitrogens with zero attached hydrogens (tertiary/aromatic N) is 2. The molecule has 0 fully saturated rings. The van der Waals surface area contributed by atoms with Crippen molar-refractivity contribution < 1.29 is 18.0 Å². The fourth-order valence-corrected chi connectivity index (χ4v) is 6.23. The Labute approximate surface area is 252 Å². The maximum Gasteiger partial charge on any atom is 0.264 e. The van der Waals surface area contributed by atoms with E-state index in [0.717, 1.165) is 21.0 Å². The second-order valence-electron chi connectivity index (χ2n) is 9.85. The summed E-state index contributed by atoms with van der Waals surface area (Å²) in [6.07, 6.45) is 0.261. The van der Waals surface area contributed by atoms with Gasteiger partial charge in [0.15, 0.2) is 0 Å². The summed E-state index contributed by atoms with van der Waals surface area (Å²) in [6, 6.07) is 30.4. The standard InChI is InChI=1S/C33H34ClN3O4S/c1-3-35-33(39)31(22-26-13-6-4-7-14-26)36(23-27-15-11-10-12-25(27)2)32(38)24-37(29-20-18-28(34)19-21-29)42(40,41)30-16-8-5-9-17-30/h4-21,31H,3,22-24H2,1-2H3,(H,35,39)/t31-/m0/s1. The van der Waals surface area contributed by atoms with Crippen molar-refractivity contribution in [3.05, 3.63) is 131 Å². The molecular weight excluding hydrogens is 570 g/mol. The van der Waals surface area contributed by atoms with Crippen LogP contribution in [0.5, 0.6) is 0 Å². The Kier molecular flexibility index (Phi) is 10.4. The highest BCUT2D eigenvalue weighted by atomic mass is 35.5. The molecule has 42 heavy (non-hydrogen) atoms. The molecule has 0 unspecified atom stereocenters. The van der Waals surface area contributed by atoms with Gasteiger partial charge in [0.05, 0.1) is 10.6 Å². The van der Waals surface area contributed by atoms with Crippen molar-refractivity contribution in [2.45, 2.75) is 37.8 Å². The number of aryl methyl sites for hydroxylation is 1. The van der Waals surface area contributed by atoms with Gasteiger partial charge in [-0.1, -0.05) is 84.4 Å². The first-order valence-electron chi connectivity index (χ1n) is 13.7. The fraction of sp³-hybridized carbons (Fsp3) is 0.212. The molecule has 2 amide bonds. The van der Waals surface area contributed by atoms with E-state index >= 15 is 0 Å². The van der Waals surface area contributed by atoms with Gasteiger partial charge < -0.3 is 10.2 Å². The van der Waals surface area contributed by atoms with Crippen LogP contribution in [0.3, 0.4) is 0 Å². The lowest BCUT2D eigenvalue weighted by Gasteiger charge is -2.34. The number of rotatable bonds is 12. The van der Waals surface area contributed by atoms with Crippen LogP contribution in [0, 0.1) is 6.92 Å². The van der Waals surface area contributed by atoms with E-state index in [2.05, 4.69) is 5.32 Å². The summed E-state index contributed by atoms with van der Waals surface area (Å²) < 4.78 is 28.9. The topological polar surface area (TPSA) is 86.8 Å². The van der Waals surface area contributed by atoms with Crippen LogP contribution in [0.15, 0.2) is 114 Å². The number of likely N-dealkylation sites (N-methyl/N-ethyl adjacent to an activating group) is 1. The first-order valence-corrected chi connectivity index (χ1v) is 15.5. The Hall–Kier alpha value is -4.14. The molecule has 7 nitrogen and oxygen atoms in total. The van der Waals surface area contributed by atoms with Gasteiger partial charge in [-0.3, -0.25) is 13.9 Å². The van der Waals surface area contributed by atoms with Crippen LogP contribution in [0.1, 0.15) is 23.6 Å². The van der Waals surface area contributed by atoms with Gasteiger partial charge in [0.2, 0.25) is 11.8 Å². The smallest absolute Gasteiger partial charge is 0.264 e. The third-order valence-corrected chi connectivity index (χ3v) is 8.99. The highest BCUT2D eigenvalue weighted by Gasteiger charge is 2.34. The third-order valence-electron chi connectivity index (χ3n) is 6.95. The summed E-state index contributed by atoms with van der Waals surface area (Å²) in [7, 11) is -4.15. The molecule has 0 bridgehead atoms. The number of benzene rings is 4. The van der Waals surface area contributed by atoms with Crippen LogP contribution in [-0.2, 0) is 32.6 Å². The van der Waals surface area contributed by atoms with Gasteiger partial charge in [0, 0.05) is 24.5 Å². The minimum Gasteiger partial charge on any atom is -0.355 e. The second kappa shape index (κ2) is 14.2. The van der Waals surface area contributed by atoms with Crippen molar-refractivity contribution in [3.63, 3.8) is 0 Å². The Morgan fingerprint density at radius 3 is 2.05 bits per heavy atom. The predicted molar refractivity (Wildman–Crippen MR) is 167 cm³/mol. The Morgan fingerprint density at radius 1 is 0.833 bits per heavy atom. The largest absolute Gasteiger partial charge is 0.355 e. The molecule has 0 saturated heterocycles. The molecule has 4 aromatic rings. The first kappa shape index (κ1) is 30.8. The third kappa shape index (κ3) is 7.57. The van der Waals surface area contributed by atoms with Gasteiger partial charge in [0.25, 0.3) is 10.0 Å². The molecule has 0 radical (unpaired) electrons. The van der Waals surface area contributed by atoms with E-state index in [0.29, 0.717) is 11.6 Å². The SMILES string of the molecule is CCNC(=O)[C@H](Cc1ccccc1)N(Cc1ccccc1C)C(=O)CN(c1ccc(Cl)cc1)S(=O)(=O)c1ccccc1. The van der Waals surface area contributed by atoms with Gasteiger partial charge in [-0.15, -0.1) is 0 Å². The zero-order valence-electron chi connectivity index (χ0n) is 23.6. The summed E-state index contributed by atoms with van der Waals surface area (Å²) in [5.41, 5.74) is 2.97. The maximum absolute atomic E-state index is 14.3. The van der Waals surface area contributed by atoms with E-state index < -0.39 is 28.5 Å². The molecule has 1 atom stereocenters. The van der Waals surface area contributed by atoms with Crippen molar-refractivity contribution in [1.82, 2.24) is 10.2 Å². The fourth-order valence-electron chi connectivity index (χ4n) is 4.67. The van der Waals surface area contributed by atoms with Gasteiger partial charge in [-0.05, 0) is 66.9 Å². The van der Waals surface area contributed by atoms with E-state index in [1.807, 2.05) is 68.4 Å². The number of nitrogens with one attached hydrogen (secondary N) is 1. The lowest BCUT2D eigenvalue weighted by molar-refractivity contribution is -0.140. The number of halogens is 1. The number of anilines is 1. The van der Waals surface area contributed by atoms with Crippen LogP contribution >= 0.6 is 11.6 Å². The molecule has 4 aromatic carbocycles. The molecule has 0 heterocycles. The lowest BCUT2D eigenvalue weighted by Crippen LogP contribution is -2.53. The first-order chi connectivity index (χ1) is 20.2. The van der Waals surface area contributed by atoms with Crippen molar-refractivity contribution in [1.29, 1.82) is 0 Å². The minimum atomic E-state index is -4.15. The van der Waals surface area contributed by atoms with Gasteiger partial charge in [-0.25, -0.2) is 8.42 Å². The van der Waals surface area contributed by atoms with Crippen molar-refractivity contribution in [3.8, 4) is 0 Å². The zero-order valence-corrected chi connectivity index (χ0v) is 25.2. The number of hydrogen-bond acceptors (Lipinski definition) is 4. The Morgan fingerprint density at radius 2 is 1.43 bits per heavy atom. The number of hydrogen-bond donors (Lipinski definition) is 1. The second-order valence-corrected chi connectivity index (χ2v) is 12.1. The molecule has 9 heteroatoms. The summed E-state index contributed by atoms with van der Waals surface area (Å²) in [4.78, 5) is 29.4. The lowest BCUT2D eigenvalue weighted by atomic mass is 10.0. The quantitative estimate of drug-likeness (QED) is 0.228. The number of carbonyl (C=O) groups excluding carboxylic acids is 2. The van der Waals surface area contributed by atoms with Gasteiger partial charge >= 0.3 is 0 Å². The zero-order chi connectivity index (χ0) is 30.1. The predicted octanol–water partition coefficient (Wildman–Crippen LogP) is 5.62. The Balaban J connectivity index is 1.79. The molecule has 0 saturated carbocycles. The van der Waals surface area contributed by atoms with Crippen LogP contribution in [0.4, 0.5) is 5.69 Å². The molecule has 0 spiro atoms. The van der Waals surface area contributed by atoms with Crippen LogP contribution in [-0.4, -0.2) is 44.3 Å². The molecule has 0 aliphatic carbocycles. The van der Waals surface area contributed by atoms with Crippen LogP contribution in [0.25, 0.3) is 0 Å². The van der Waals surface area contributed by atoms with E-state index in [-0.39, 0.29) is 29.5 Å². The van der Waals surface area contributed by atoms with E-state index in [9.17, 15) is 18.0 Å². The molecule has 218 valence electrons. The molecular formula is C33H34ClN3O4S. The summed E-state index contributed by atoms with van der Waals surface area (Å²) in [6.45, 7) is 3.75. The summed E-state index contributed by atoms with van der Waals surface area (Å²) >= 11 is 6.10. The van der Waals surface area contributed by atoms with Gasteiger partial charge in [0.1, 0.15) is 12.6 Å². The molecule has 1 N–H and O–H groups in total. The molecule has 0 aliphatic rings. The van der Waals surface area contributed by atoms with Gasteiger partial charge in [-0.2, -0.15) is 0 Å². The number of sulfonamides is 1. The molecule has 4 rings (SSSR count). The molecule has 0 aliphatic heterocycles. The summed E-state index contributed by atoms with van der Waals surface area (Å²) in [5, 5.41) is 3.30. The normalized spacial score (nSPS) is 11.9. The molecule has 0 aromatic heterocycles. The van der Waals surface area contributed by atoms with Crippen molar-refractivity contribution in [2.24, 2.45) is 0 Å². The van der Waals surface area contributed by atoms with Crippen molar-refractivity contribution in [2.75, 3.05) is 17.4 Å². The highest BCUT2D eigenvalue weighted by molar-refractivity contribution is 7.92. The highest BCUT2D eigenvalue weighted by Crippen LogP contribution is 2.26. The monoisotopic (exact) mass is 603 g/mol. The van der Waals surface area contributed by atoms with E-state index in [4.69, 9.17) is 11.6 Å². The maximum atomic E-state index is 14.3. The van der Waals surface area contributed by atoms with Crippen LogP contribution in [0.2, 0.25) is 5.02 Å². The van der Waals surface area contributed by atoms with Crippen LogP contribution < -0.4 is 9.62 Å². The number of carbonyl (C=O) groups is 2. The summed E-state index contributed by atoms with van der Waals surface area (Å²) in [5.74, 6) is -0.827. The number of amides is 2. The Bertz CT molecular complexity index is 1600. The average Bonchev–Trinajstić information content (AvgIpc) is 3.00. The average molecular weight is 604 g/mol. The van der Waals surface area contributed by atoms with Crippen molar-refractivity contribution >= 4 is 39.1 Å². The van der Waals surface area contributed by atoms with E-state index in [1.54, 1.807) is 42.5 Å².